The summed E-state index contributed by atoms with van der Waals surface area (Å²) in [5, 5.41) is 4.50. The highest BCUT2D eigenvalue weighted by molar-refractivity contribution is 5.30. The summed E-state index contributed by atoms with van der Waals surface area (Å²) < 4.78 is 5.16. The van der Waals surface area contributed by atoms with Crippen molar-refractivity contribution in [2.24, 2.45) is 0 Å². The molecule has 3 aromatic rings. The number of rotatable bonds is 4. The van der Waals surface area contributed by atoms with Gasteiger partial charge in [-0.05, 0) is 25.1 Å². The predicted octanol–water partition coefficient (Wildman–Crippen LogP) is 1.90. The van der Waals surface area contributed by atoms with Crippen LogP contribution in [0.3, 0.4) is 0 Å². The van der Waals surface area contributed by atoms with Crippen LogP contribution < -0.4 is 5.69 Å². The van der Waals surface area contributed by atoms with E-state index >= 15 is 0 Å². The first-order chi connectivity index (χ1) is 9.78. The highest BCUT2D eigenvalue weighted by atomic mass is 16.1. The molecule has 0 aliphatic rings. The number of hydrogen-bond acceptors (Lipinski definition) is 2. The maximum atomic E-state index is 12.0. The third kappa shape index (κ3) is 2.30. The lowest BCUT2D eigenvalue weighted by atomic mass is 10.3. The molecular formula is C15H16N4O. The molecule has 5 heteroatoms. The average Bonchev–Trinajstić information content (AvgIpc) is 3.08. The molecule has 0 amide bonds. The van der Waals surface area contributed by atoms with Crippen LogP contribution in [0.1, 0.15) is 12.6 Å². The number of benzene rings is 1. The Balaban J connectivity index is 1.84. The van der Waals surface area contributed by atoms with Gasteiger partial charge in [0.25, 0.3) is 0 Å². The fourth-order valence-electron chi connectivity index (χ4n) is 2.16. The smallest absolute Gasteiger partial charge is 0.300 e. The van der Waals surface area contributed by atoms with Gasteiger partial charge in [0.05, 0.1) is 17.9 Å². The van der Waals surface area contributed by atoms with Gasteiger partial charge in [-0.1, -0.05) is 18.2 Å². The Labute approximate surface area is 116 Å². The van der Waals surface area contributed by atoms with Crippen molar-refractivity contribution in [2.75, 3.05) is 0 Å². The van der Waals surface area contributed by atoms with E-state index in [0.29, 0.717) is 13.1 Å². The van der Waals surface area contributed by atoms with Gasteiger partial charge in [0.15, 0.2) is 0 Å². The normalized spacial score (nSPS) is 10.8. The van der Waals surface area contributed by atoms with Crippen molar-refractivity contribution in [3.05, 3.63) is 71.2 Å². The van der Waals surface area contributed by atoms with Gasteiger partial charge in [0.2, 0.25) is 0 Å². The molecule has 0 saturated carbocycles. The monoisotopic (exact) mass is 268 g/mol. The first kappa shape index (κ1) is 12.5. The summed E-state index contributed by atoms with van der Waals surface area (Å²) in [5.41, 5.74) is 1.88. The lowest BCUT2D eigenvalue weighted by molar-refractivity contribution is 0.657. The first-order valence-electron chi connectivity index (χ1n) is 6.63. The van der Waals surface area contributed by atoms with Crippen LogP contribution in [-0.2, 0) is 13.1 Å². The average molecular weight is 268 g/mol. The van der Waals surface area contributed by atoms with Crippen LogP contribution in [0.2, 0.25) is 0 Å². The summed E-state index contributed by atoms with van der Waals surface area (Å²) in [6.45, 7) is 3.13. The molecule has 0 N–H and O–H groups in total. The van der Waals surface area contributed by atoms with Gasteiger partial charge in [-0.25, -0.2) is 9.48 Å². The molecule has 3 rings (SSSR count). The van der Waals surface area contributed by atoms with Crippen LogP contribution in [0.5, 0.6) is 0 Å². The molecule has 0 radical (unpaired) electrons. The molecule has 0 bridgehead atoms. The third-order valence-electron chi connectivity index (χ3n) is 3.26. The molecule has 0 fully saturated rings. The second kappa shape index (κ2) is 5.21. The minimum atomic E-state index is 0.00163. The SMILES string of the molecule is CCn1ccn(Cc2ccn(-c3ccccc3)n2)c1=O. The lowest BCUT2D eigenvalue weighted by Gasteiger charge is -2.00. The zero-order valence-corrected chi connectivity index (χ0v) is 11.3. The van der Waals surface area contributed by atoms with E-state index in [1.54, 1.807) is 21.5 Å². The van der Waals surface area contributed by atoms with Crippen LogP contribution in [0.4, 0.5) is 0 Å². The molecule has 1 aromatic carbocycles. The molecule has 2 aromatic heterocycles. The molecule has 0 atom stereocenters. The van der Waals surface area contributed by atoms with Crippen LogP contribution in [0.15, 0.2) is 59.8 Å². The number of imidazole rings is 1. The summed E-state index contributed by atoms with van der Waals surface area (Å²) >= 11 is 0. The topological polar surface area (TPSA) is 44.8 Å². The summed E-state index contributed by atoms with van der Waals surface area (Å²) in [4.78, 5) is 12.0. The Kier molecular flexibility index (Phi) is 3.25. The molecule has 0 aliphatic heterocycles. The Hall–Kier alpha value is -2.56. The highest BCUT2D eigenvalue weighted by Crippen LogP contribution is 2.07. The van der Waals surface area contributed by atoms with Gasteiger partial charge in [0, 0.05) is 25.1 Å². The minimum absolute atomic E-state index is 0.00163. The van der Waals surface area contributed by atoms with Crippen molar-refractivity contribution < 1.29 is 0 Å². The van der Waals surface area contributed by atoms with Crippen LogP contribution in [-0.4, -0.2) is 18.9 Å². The number of nitrogens with zero attached hydrogens (tertiary/aromatic N) is 4. The van der Waals surface area contributed by atoms with E-state index in [4.69, 9.17) is 0 Å². The molecule has 0 aliphatic carbocycles. The quantitative estimate of drug-likeness (QED) is 0.725. The first-order valence-corrected chi connectivity index (χ1v) is 6.63. The molecule has 0 saturated heterocycles. The minimum Gasteiger partial charge on any atom is -0.300 e. The van der Waals surface area contributed by atoms with E-state index in [1.807, 2.05) is 54.2 Å². The van der Waals surface area contributed by atoms with Gasteiger partial charge in [-0.2, -0.15) is 5.10 Å². The standard InChI is InChI=1S/C15H16N4O/c1-2-17-10-11-18(15(17)20)12-13-8-9-19(16-13)14-6-4-3-5-7-14/h3-11H,2,12H2,1H3. The van der Waals surface area contributed by atoms with Gasteiger partial charge in [-0.15, -0.1) is 0 Å². The highest BCUT2D eigenvalue weighted by Gasteiger charge is 2.05. The van der Waals surface area contributed by atoms with Gasteiger partial charge in [0.1, 0.15) is 0 Å². The second-order valence-electron chi connectivity index (χ2n) is 4.58. The zero-order valence-electron chi connectivity index (χ0n) is 11.3. The Morgan fingerprint density at radius 1 is 1.00 bits per heavy atom. The zero-order chi connectivity index (χ0) is 13.9. The van der Waals surface area contributed by atoms with E-state index < -0.39 is 0 Å². The number of aryl methyl sites for hydroxylation is 1. The van der Waals surface area contributed by atoms with E-state index in [9.17, 15) is 4.79 Å². The molecule has 2 heterocycles. The fourth-order valence-corrected chi connectivity index (χ4v) is 2.16. The van der Waals surface area contributed by atoms with E-state index in [0.717, 1.165) is 11.4 Å². The second-order valence-corrected chi connectivity index (χ2v) is 4.58. The molecule has 0 unspecified atom stereocenters. The van der Waals surface area contributed by atoms with Crippen LogP contribution in [0, 0.1) is 0 Å². The number of para-hydroxylation sites is 1. The predicted molar refractivity (Wildman–Crippen MR) is 77.0 cm³/mol. The van der Waals surface area contributed by atoms with E-state index in [1.165, 1.54) is 0 Å². The van der Waals surface area contributed by atoms with Crippen molar-refractivity contribution in [1.29, 1.82) is 0 Å². The fraction of sp³-hybridized carbons (Fsp3) is 0.200. The third-order valence-corrected chi connectivity index (χ3v) is 3.26. The van der Waals surface area contributed by atoms with Crippen molar-refractivity contribution in [1.82, 2.24) is 18.9 Å². The van der Waals surface area contributed by atoms with Crippen molar-refractivity contribution in [2.45, 2.75) is 20.0 Å². The van der Waals surface area contributed by atoms with Crippen molar-refractivity contribution in [3.8, 4) is 5.69 Å². The lowest BCUT2D eigenvalue weighted by Crippen LogP contribution is -2.24. The summed E-state index contributed by atoms with van der Waals surface area (Å²) in [7, 11) is 0. The summed E-state index contributed by atoms with van der Waals surface area (Å²) in [5.74, 6) is 0. The van der Waals surface area contributed by atoms with Crippen molar-refractivity contribution in [3.63, 3.8) is 0 Å². The van der Waals surface area contributed by atoms with Crippen molar-refractivity contribution >= 4 is 0 Å². The maximum absolute atomic E-state index is 12.0. The summed E-state index contributed by atoms with van der Waals surface area (Å²) in [6.07, 6.45) is 5.51. The molecule has 0 spiro atoms. The largest absolute Gasteiger partial charge is 0.328 e. The van der Waals surface area contributed by atoms with Gasteiger partial charge >= 0.3 is 5.69 Å². The Morgan fingerprint density at radius 2 is 1.75 bits per heavy atom. The number of hydrogen-bond donors (Lipinski definition) is 0. The van der Waals surface area contributed by atoms with Crippen LogP contribution in [0.25, 0.3) is 5.69 Å². The van der Waals surface area contributed by atoms with E-state index in [-0.39, 0.29) is 5.69 Å². The summed E-state index contributed by atoms with van der Waals surface area (Å²) in [6, 6.07) is 11.8. The molecule has 102 valence electrons. The molecule has 20 heavy (non-hydrogen) atoms. The molecule has 5 nitrogen and oxygen atoms in total. The Bertz CT molecular complexity index is 752. The maximum Gasteiger partial charge on any atom is 0.328 e. The van der Waals surface area contributed by atoms with Gasteiger partial charge < -0.3 is 0 Å². The van der Waals surface area contributed by atoms with E-state index in [2.05, 4.69) is 5.10 Å². The molecular weight excluding hydrogens is 252 g/mol. The Morgan fingerprint density at radius 3 is 2.45 bits per heavy atom. The number of aromatic nitrogens is 4. The van der Waals surface area contributed by atoms with Crippen LogP contribution >= 0.6 is 0 Å². The van der Waals surface area contributed by atoms with Gasteiger partial charge in [-0.3, -0.25) is 9.13 Å².